The fourth-order valence-electron chi connectivity index (χ4n) is 4.92. The Hall–Kier alpha value is -4.07. The summed E-state index contributed by atoms with van der Waals surface area (Å²) in [6.07, 6.45) is 1.70. The maximum Gasteiger partial charge on any atom is 0.165 e. The molecule has 42 heavy (non-hydrogen) atoms. The molecule has 0 saturated carbocycles. The van der Waals surface area contributed by atoms with Crippen LogP contribution in [0.1, 0.15) is 54.0 Å². The van der Waals surface area contributed by atoms with Gasteiger partial charge in [-0.2, -0.15) is 0 Å². The molecule has 0 spiro atoms. The molecular weight excluding hydrogens is 518 g/mol. The molecule has 2 aromatic carbocycles. The van der Waals surface area contributed by atoms with Crippen LogP contribution in [0.5, 0.6) is 0 Å². The first-order valence-corrected chi connectivity index (χ1v) is 15.4. The highest BCUT2D eigenvalue weighted by Gasteiger charge is 2.19. The van der Waals surface area contributed by atoms with Gasteiger partial charge in [-0.05, 0) is 48.9 Å². The second kappa shape index (κ2) is 16.4. The predicted molar refractivity (Wildman–Crippen MR) is 179 cm³/mol. The van der Waals surface area contributed by atoms with Gasteiger partial charge >= 0.3 is 0 Å². The van der Waals surface area contributed by atoms with Gasteiger partial charge in [0.25, 0.3) is 0 Å². The molecule has 1 unspecified atom stereocenters. The number of hydrogen-bond acceptors (Lipinski definition) is 6. The van der Waals surface area contributed by atoms with Gasteiger partial charge in [0.05, 0.1) is 11.3 Å². The molecule has 1 atom stereocenters. The number of hydrogen-bond donors (Lipinski definition) is 2. The Morgan fingerprint density at radius 3 is 2.21 bits per heavy atom. The summed E-state index contributed by atoms with van der Waals surface area (Å²) in [5.41, 5.74) is 12.9. The van der Waals surface area contributed by atoms with Crippen LogP contribution >= 0.6 is 0 Å². The largest absolute Gasteiger partial charge is 0.383 e. The number of pyridine rings is 2. The van der Waals surface area contributed by atoms with Crippen LogP contribution in [0.2, 0.25) is 0 Å². The fourth-order valence-corrected chi connectivity index (χ4v) is 4.92. The first-order chi connectivity index (χ1) is 20.7. The molecule has 5 aromatic rings. The molecule has 1 aliphatic rings. The lowest BCUT2D eigenvalue weighted by molar-refractivity contribution is 0.199. The summed E-state index contributed by atoms with van der Waals surface area (Å²) in [5.74, 6) is 1.18. The van der Waals surface area contributed by atoms with Gasteiger partial charge in [-0.15, -0.1) is 0 Å². The van der Waals surface area contributed by atoms with Crippen LogP contribution in [0.15, 0.2) is 85.1 Å². The van der Waals surface area contributed by atoms with E-state index in [1.807, 2.05) is 84.0 Å². The van der Waals surface area contributed by atoms with Crippen LogP contribution in [-0.2, 0) is 6.54 Å². The second-order valence-electron chi connectivity index (χ2n) is 9.37. The number of nitrogens with zero attached hydrogens (tertiary/aromatic N) is 5. The van der Waals surface area contributed by atoms with Gasteiger partial charge in [0.2, 0.25) is 0 Å². The SMILES string of the molecule is CC.CC.CC.CC1CN(Cc2ccc(-n3c(-c4cccnc4N)nc4ccc(-c5ccccc5)nc43)cc2)CCN1. The van der Waals surface area contributed by atoms with E-state index in [2.05, 4.69) is 63.1 Å². The highest BCUT2D eigenvalue weighted by molar-refractivity contribution is 5.84. The summed E-state index contributed by atoms with van der Waals surface area (Å²) in [6.45, 7) is 18.3. The summed E-state index contributed by atoms with van der Waals surface area (Å²) >= 11 is 0. The summed E-state index contributed by atoms with van der Waals surface area (Å²) in [5, 5.41) is 3.51. The zero-order valence-electron chi connectivity index (χ0n) is 26.3. The summed E-state index contributed by atoms with van der Waals surface area (Å²) in [6, 6.07) is 27.3. The average molecular weight is 566 g/mol. The monoisotopic (exact) mass is 565 g/mol. The number of rotatable bonds is 5. The number of aromatic nitrogens is 4. The number of nitrogen functional groups attached to an aromatic ring is 1. The topological polar surface area (TPSA) is 84.9 Å². The first-order valence-electron chi connectivity index (χ1n) is 15.4. The molecule has 3 aromatic heterocycles. The molecule has 1 saturated heterocycles. The van der Waals surface area contributed by atoms with Gasteiger partial charge in [0.1, 0.15) is 11.3 Å². The Labute approximate surface area is 251 Å². The van der Waals surface area contributed by atoms with E-state index in [4.69, 9.17) is 15.7 Å². The number of benzene rings is 2. The lowest BCUT2D eigenvalue weighted by atomic mass is 10.1. The van der Waals surface area contributed by atoms with Crippen molar-refractivity contribution >= 4 is 17.0 Å². The van der Waals surface area contributed by atoms with Crippen LogP contribution < -0.4 is 11.1 Å². The van der Waals surface area contributed by atoms with Crippen molar-refractivity contribution in [2.45, 2.75) is 61.1 Å². The number of nitrogens with one attached hydrogen (secondary N) is 1. The molecule has 1 aliphatic heterocycles. The molecule has 0 amide bonds. The minimum absolute atomic E-state index is 0.446. The lowest BCUT2D eigenvalue weighted by Crippen LogP contribution is -2.48. The Balaban J connectivity index is 0.000000760. The molecular formula is C35H47N7. The van der Waals surface area contributed by atoms with E-state index in [0.29, 0.717) is 11.9 Å². The van der Waals surface area contributed by atoms with E-state index in [1.54, 1.807) is 6.20 Å². The van der Waals surface area contributed by atoms with Crippen LogP contribution in [-0.4, -0.2) is 50.1 Å². The zero-order valence-corrected chi connectivity index (χ0v) is 26.3. The van der Waals surface area contributed by atoms with E-state index in [1.165, 1.54) is 5.56 Å². The minimum Gasteiger partial charge on any atom is -0.383 e. The third-order valence-corrected chi connectivity index (χ3v) is 6.71. The highest BCUT2D eigenvalue weighted by Crippen LogP contribution is 2.31. The summed E-state index contributed by atoms with van der Waals surface area (Å²) < 4.78 is 2.09. The smallest absolute Gasteiger partial charge is 0.165 e. The normalized spacial score (nSPS) is 14.5. The van der Waals surface area contributed by atoms with Crippen molar-refractivity contribution in [3.8, 4) is 28.3 Å². The standard InChI is InChI=1S/C29H29N7.3C2H6/c1-20-18-35(17-16-31-20)19-21-9-11-23(12-10-21)36-28(24-8-5-15-32-27(24)30)34-26-14-13-25(33-29(26)36)22-6-3-2-4-7-22;3*1-2/h2-15,20,31H,16-19H2,1H3,(H2,30,32);3*1-2H3. The maximum atomic E-state index is 6.29. The number of nitrogens with two attached hydrogens (primary N) is 1. The van der Waals surface area contributed by atoms with Crippen molar-refractivity contribution in [1.82, 2.24) is 29.7 Å². The van der Waals surface area contributed by atoms with E-state index in [-0.39, 0.29) is 0 Å². The lowest BCUT2D eigenvalue weighted by Gasteiger charge is -2.31. The van der Waals surface area contributed by atoms with E-state index >= 15 is 0 Å². The first kappa shape index (κ1) is 32.4. The molecule has 0 bridgehead atoms. The predicted octanol–water partition coefficient (Wildman–Crippen LogP) is 7.60. The Bertz CT molecular complexity index is 1490. The quantitative estimate of drug-likeness (QED) is 0.228. The molecule has 7 heteroatoms. The van der Waals surface area contributed by atoms with Crippen LogP contribution in [0, 0.1) is 0 Å². The maximum absolute atomic E-state index is 6.29. The third-order valence-electron chi connectivity index (χ3n) is 6.71. The van der Waals surface area contributed by atoms with Crippen molar-refractivity contribution in [1.29, 1.82) is 0 Å². The molecule has 222 valence electrons. The molecule has 3 N–H and O–H groups in total. The van der Waals surface area contributed by atoms with Crippen LogP contribution in [0.25, 0.3) is 39.5 Å². The zero-order chi connectivity index (χ0) is 30.5. The van der Waals surface area contributed by atoms with Gasteiger partial charge in [-0.3, -0.25) is 9.47 Å². The van der Waals surface area contributed by atoms with E-state index in [9.17, 15) is 0 Å². The van der Waals surface area contributed by atoms with E-state index in [0.717, 1.165) is 65.7 Å². The highest BCUT2D eigenvalue weighted by atomic mass is 15.2. The molecule has 6 rings (SSSR count). The Morgan fingerprint density at radius 1 is 0.833 bits per heavy atom. The number of fused-ring (bicyclic) bond motifs is 1. The number of piperazine rings is 1. The molecule has 7 nitrogen and oxygen atoms in total. The van der Waals surface area contributed by atoms with Gasteiger partial charge in [-0.25, -0.2) is 15.0 Å². The molecule has 0 radical (unpaired) electrons. The molecule has 0 aliphatic carbocycles. The fraction of sp³-hybridized carbons (Fsp3) is 0.343. The van der Waals surface area contributed by atoms with Crippen molar-refractivity contribution in [3.05, 3.63) is 90.6 Å². The third kappa shape index (κ3) is 7.60. The Morgan fingerprint density at radius 2 is 1.55 bits per heavy atom. The van der Waals surface area contributed by atoms with E-state index < -0.39 is 0 Å². The Kier molecular flexibility index (Phi) is 12.7. The minimum atomic E-state index is 0.446. The van der Waals surface area contributed by atoms with Crippen molar-refractivity contribution in [2.75, 3.05) is 25.4 Å². The average Bonchev–Trinajstić information content (AvgIpc) is 3.43. The van der Waals surface area contributed by atoms with Gasteiger partial charge in [0, 0.05) is 49.7 Å². The van der Waals surface area contributed by atoms with Crippen LogP contribution in [0.4, 0.5) is 5.82 Å². The second-order valence-corrected chi connectivity index (χ2v) is 9.37. The van der Waals surface area contributed by atoms with Crippen molar-refractivity contribution in [2.24, 2.45) is 0 Å². The van der Waals surface area contributed by atoms with Crippen molar-refractivity contribution in [3.63, 3.8) is 0 Å². The van der Waals surface area contributed by atoms with Gasteiger partial charge in [0.15, 0.2) is 11.5 Å². The molecule has 4 heterocycles. The number of imidazole rings is 1. The van der Waals surface area contributed by atoms with Gasteiger partial charge in [-0.1, -0.05) is 84.0 Å². The summed E-state index contributed by atoms with van der Waals surface area (Å²) in [4.78, 5) is 16.8. The van der Waals surface area contributed by atoms with Crippen molar-refractivity contribution < 1.29 is 0 Å². The van der Waals surface area contributed by atoms with Gasteiger partial charge < -0.3 is 11.1 Å². The summed E-state index contributed by atoms with van der Waals surface area (Å²) in [7, 11) is 0. The number of anilines is 1. The molecule has 1 fully saturated rings. The van der Waals surface area contributed by atoms with Crippen LogP contribution in [0.3, 0.4) is 0 Å².